The molecule has 0 spiro atoms. The monoisotopic (exact) mass is 298 g/mol. The minimum Gasteiger partial charge on any atom is -0.465 e. The highest BCUT2D eigenvalue weighted by atomic mass is 16.4. The predicted octanol–water partition coefficient (Wildman–Crippen LogP) is 3.26. The van der Waals surface area contributed by atoms with E-state index in [1.807, 2.05) is 0 Å². The molecule has 1 amide bonds. The van der Waals surface area contributed by atoms with E-state index in [1.54, 1.807) is 12.4 Å². The fourth-order valence-electron chi connectivity index (χ4n) is 2.57. The molecule has 2 N–H and O–H groups in total. The highest BCUT2D eigenvalue weighted by molar-refractivity contribution is 5.64. The molecule has 2 rings (SSSR count). The van der Waals surface area contributed by atoms with Crippen LogP contribution in [0.2, 0.25) is 0 Å². The zero-order valence-corrected chi connectivity index (χ0v) is 13.3. The quantitative estimate of drug-likeness (QED) is 0.894. The van der Waals surface area contributed by atoms with Gasteiger partial charge in [-0.15, -0.1) is 0 Å². The Morgan fingerprint density at radius 3 is 2.38 bits per heavy atom. The summed E-state index contributed by atoms with van der Waals surface area (Å²) in [7, 11) is 0. The molecule has 0 unspecified atom stereocenters. The molecule has 0 bridgehead atoms. The molecule has 0 aromatic carbocycles. The predicted molar refractivity (Wildman–Crippen MR) is 84.1 cm³/mol. The van der Waals surface area contributed by atoms with Gasteiger partial charge in [0, 0.05) is 7.97 Å². The SMILES string of the molecule is CC1CCC(C(C)C)CC1.O=C(O)NCCn1nccn1.[HH]. The molecular formula is C15H30N4O2. The van der Waals surface area contributed by atoms with Crippen LogP contribution in [0.4, 0.5) is 4.79 Å². The first-order valence-electron chi connectivity index (χ1n) is 7.80. The molecule has 0 saturated heterocycles. The van der Waals surface area contributed by atoms with Gasteiger partial charge < -0.3 is 10.4 Å². The number of nitrogens with zero attached hydrogens (tertiary/aromatic N) is 3. The molecule has 6 nitrogen and oxygen atoms in total. The summed E-state index contributed by atoms with van der Waals surface area (Å²) in [5, 5.41) is 18.0. The highest BCUT2D eigenvalue weighted by Gasteiger charge is 2.20. The van der Waals surface area contributed by atoms with E-state index < -0.39 is 6.09 Å². The Morgan fingerprint density at radius 2 is 1.90 bits per heavy atom. The average molecular weight is 298 g/mol. The van der Waals surface area contributed by atoms with Gasteiger partial charge in [0.25, 0.3) is 0 Å². The molecule has 0 aliphatic heterocycles. The van der Waals surface area contributed by atoms with Gasteiger partial charge in [0.2, 0.25) is 0 Å². The molecule has 1 fully saturated rings. The van der Waals surface area contributed by atoms with Crippen molar-refractivity contribution in [1.82, 2.24) is 20.3 Å². The number of amides is 1. The fourth-order valence-corrected chi connectivity index (χ4v) is 2.57. The average Bonchev–Trinajstić information content (AvgIpc) is 2.93. The van der Waals surface area contributed by atoms with Crippen molar-refractivity contribution in [1.29, 1.82) is 0 Å². The van der Waals surface area contributed by atoms with Gasteiger partial charge in [-0.1, -0.05) is 33.6 Å². The van der Waals surface area contributed by atoms with Gasteiger partial charge in [0.05, 0.1) is 18.9 Å². The van der Waals surface area contributed by atoms with Crippen molar-refractivity contribution in [2.24, 2.45) is 17.8 Å². The molecule has 1 saturated carbocycles. The minimum absolute atomic E-state index is 0. The van der Waals surface area contributed by atoms with Crippen molar-refractivity contribution in [3.63, 3.8) is 0 Å². The highest BCUT2D eigenvalue weighted by Crippen LogP contribution is 2.32. The summed E-state index contributed by atoms with van der Waals surface area (Å²) in [5.74, 6) is 2.97. The van der Waals surface area contributed by atoms with E-state index in [0.29, 0.717) is 13.1 Å². The lowest BCUT2D eigenvalue weighted by Gasteiger charge is -2.28. The summed E-state index contributed by atoms with van der Waals surface area (Å²) in [5.41, 5.74) is 0. The van der Waals surface area contributed by atoms with E-state index in [9.17, 15) is 4.79 Å². The van der Waals surface area contributed by atoms with Crippen LogP contribution in [0.3, 0.4) is 0 Å². The smallest absolute Gasteiger partial charge is 0.404 e. The van der Waals surface area contributed by atoms with E-state index in [0.717, 1.165) is 17.8 Å². The molecule has 0 atom stereocenters. The van der Waals surface area contributed by atoms with Gasteiger partial charge in [-0.05, 0) is 30.6 Å². The largest absolute Gasteiger partial charge is 0.465 e. The molecule has 1 heterocycles. The number of carboxylic acid groups (broad SMARTS) is 1. The second-order valence-electron chi connectivity index (χ2n) is 6.12. The van der Waals surface area contributed by atoms with Gasteiger partial charge >= 0.3 is 6.09 Å². The molecule has 122 valence electrons. The Morgan fingerprint density at radius 1 is 1.33 bits per heavy atom. The third kappa shape index (κ3) is 7.68. The zero-order chi connectivity index (χ0) is 15.7. The van der Waals surface area contributed by atoms with Crippen molar-refractivity contribution in [3.05, 3.63) is 12.4 Å². The lowest BCUT2D eigenvalue weighted by molar-refractivity contribution is 0.193. The number of aromatic nitrogens is 3. The summed E-state index contributed by atoms with van der Waals surface area (Å²) in [6, 6.07) is 0. The van der Waals surface area contributed by atoms with Crippen LogP contribution in [0.1, 0.15) is 47.9 Å². The summed E-state index contributed by atoms with van der Waals surface area (Å²) >= 11 is 0. The first-order chi connectivity index (χ1) is 9.99. The van der Waals surface area contributed by atoms with E-state index in [-0.39, 0.29) is 1.43 Å². The van der Waals surface area contributed by atoms with Crippen LogP contribution >= 0.6 is 0 Å². The minimum atomic E-state index is -1.03. The van der Waals surface area contributed by atoms with Gasteiger partial charge in [0.1, 0.15) is 0 Å². The van der Waals surface area contributed by atoms with E-state index >= 15 is 0 Å². The van der Waals surface area contributed by atoms with Crippen LogP contribution in [-0.4, -0.2) is 32.7 Å². The van der Waals surface area contributed by atoms with Crippen molar-refractivity contribution in [2.75, 3.05) is 6.54 Å². The van der Waals surface area contributed by atoms with Crippen LogP contribution < -0.4 is 5.32 Å². The standard InChI is InChI=1S/C10H20.C5H8N4O2.H2/c1-8(2)10-6-4-9(3)5-7-10;10-5(11)6-3-4-9-7-1-2-8-9;/h8-10H,4-7H2,1-3H3;1-2,6H,3-4H2,(H,10,11);1H. The third-order valence-electron chi connectivity index (χ3n) is 4.06. The van der Waals surface area contributed by atoms with E-state index in [2.05, 4.69) is 36.3 Å². The lowest BCUT2D eigenvalue weighted by atomic mass is 9.78. The van der Waals surface area contributed by atoms with Crippen molar-refractivity contribution >= 4 is 6.09 Å². The Labute approximate surface area is 128 Å². The summed E-state index contributed by atoms with van der Waals surface area (Å²) in [4.78, 5) is 11.4. The van der Waals surface area contributed by atoms with Crippen LogP contribution in [0.25, 0.3) is 0 Å². The number of hydrogen-bond acceptors (Lipinski definition) is 3. The number of rotatable bonds is 4. The van der Waals surface area contributed by atoms with E-state index in [1.165, 1.54) is 30.5 Å². The Kier molecular flexibility index (Phi) is 7.79. The molecule has 21 heavy (non-hydrogen) atoms. The van der Waals surface area contributed by atoms with Crippen molar-refractivity contribution < 1.29 is 11.3 Å². The summed E-state index contributed by atoms with van der Waals surface area (Å²) in [6.45, 7) is 7.89. The van der Waals surface area contributed by atoms with Gasteiger partial charge in [-0.2, -0.15) is 15.0 Å². The number of nitrogens with one attached hydrogen (secondary N) is 1. The van der Waals surface area contributed by atoms with Crippen LogP contribution in [0, 0.1) is 17.8 Å². The fraction of sp³-hybridized carbons (Fsp3) is 0.800. The Bertz CT molecular complexity index is 390. The van der Waals surface area contributed by atoms with Gasteiger partial charge in [0.15, 0.2) is 0 Å². The van der Waals surface area contributed by atoms with Gasteiger partial charge in [-0.25, -0.2) is 4.79 Å². The molecule has 6 heteroatoms. The maximum Gasteiger partial charge on any atom is 0.404 e. The van der Waals surface area contributed by atoms with Gasteiger partial charge in [-0.3, -0.25) is 0 Å². The van der Waals surface area contributed by atoms with Crippen molar-refractivity contribution in [3.8, 4) is 0 Å². The van der Waals surface area contributed by atoms with Crippen LogP contribution in [0.5, 0.6) is 0 Å². The number of carbonyl (C=O) groups is 1. The summed E-state index contributed by atoms with van der Waals surface area (Å²) in [6.07, 6.45) is 7.97. The Hall–Kier alpha value is -1.59. The zero-order valence-electron chi connectivity index (χ0n) is 13.3. The molecule has 1 aliphatic carbocycles. The summed E-state index contributed by atoms with van der Waals surface area (Å²) < 4.78 is 0. The van der Waals surface area contributed by atoms with E-state index in [4.69, 9.17) is 5.11 Å². The maximum absolute atomic E-state index is 9.97. The normalized spacial score (nSPS) is 21.5. The third-order valence-corrected chi connectivity index (χ3v) is 4.06. The second kappa shape index (κ2) is 9.37. The first-order valence-corrected chi connectivity index (χ1v) is 7.80. The maximum atomic E-state index is 9.97. The lowest BCUT2D eigenvalue weighted by Crippen LogP contribution is -2.25. The molecule has 0 radical (unpaired) electrons. The topological polar surface area (TPSA) is 80.0 Å². The molecule has 1 aromatic rings. The van der Waals surface area contributed by atoms with Crippen LogP contribution in [-0.2, 0) is 6.54 Å². The molecule has 1 aromatic heterocycles. The molecule has 1 aliphatic rings. The first kappa shape index (κ1) is 17.5. The molecular weight excluding hydrogens is 268 g/mol. The second-order valence-corrected chi connectivity index (χ2v) is 6.12. The Balaban J connectivity index is 0.000000385. The van der Waals surface area contributed by atoms with Crippen molar-refractivity contribution in [2.45, 2.75) is 53.0 Å². The van der Waals surface area contributed by atoms with Crippen LogP contribution in [0.15, 0.2) is 12.4 Å². The number of hydrogen-bond donors (Lipinski definition) is 2.